The second-order valence-corrected chi connectivity index (χ2v) is 6.41. The van der Waals surface area contributed by atoms with Crippen molar-refractivity contribution in [2.24, 2.45) is 13.0 Å². The number of rotatable bonds is 6. The van der Waals surface area contributed by atoms with Crippen molar-refractivity contribution in [3.63, 3.8) is 0 Å². The van der Waals surface area contributed by atoms with Crippen LogP contribution in [0.25, 0.3) is 0 Å². The quantitative estimate of drug-likeness (QED) is 0.819. The van der Waals surface area contributed by atoms with Gasteiger partial charge in [0.1, 0.15) is 5.69 Å². The molecule has 2 rings (SSSR count). The van der Waals surface area contributed by atoms with Crippen LogP contribution >= 0.6 is 0 Å². The van der Waals surface area contributed by atoms with Gasteiger partial charge >= 0.3 is 5.97 Å². The summed E-state index contributed by atoms with van der Waals surface area (Å²) in [6.07, 6.45) is 0. The van der Waals surface area contributed by atoms with Crippen LogP contribution in [0.5, 0.6) is 0 Å². The number of amides is 1. The summed E-state index contributed by atoms with van der Waals surface area (Å²) in [6, 6.07) is 10.7. The van der Waals surface area contributed by atoms with Crippen molar-refractivity contribution in [2.45, 2.75) is 32.7 Å². The number of ether oxygens (including phenoxy) is 1. The fourth-order valence-corrected chi connectivity index (χ4v) is 2.83. The van der Waals surface area contributed by atoms with Gasteiger partial charge in [0.2, 0.25) is 0 Å². The van der Waals surface area contributed by atoms with Gasteiger partial charge in [0.15, 0.2) is 0 Å². The Kier molecular flexibility index (Phi) is 5.96. The Labute approximate surface area is 148 Å². The second-order valence-electron chi connectivity index (χ2n) is 6.41. The van der Waals surface area contributed by atoms with Crippen molar-refractivity contribution < 1.29 is 14.3 Å². The third-order valence-corrected chi connectivity index (χ3v) is 4.26. The smallest absolute Gasteiger partial charge is 0.310 e. The van der Waals surface area contributed by atoms with E-state index in [9.17, 15) is 9.59 Å². The lowest BCUT2D eigenvalue weighted by atomic mass is 9.94. The van der Waals surface area contributed by atoms with Crippen LogP contribution in [0.15, 0.2) is 36.4 Å². The number of esters is 1. The molecule has 0 spiro atoms. The van der Waals surface area contributed by atoms with Gasteiger partial charge in [-0.05, 0) is 24.5 Å². The van der Waals surface area contributed by atoms with E-state index in [2.05, 4.69) is 10.4 Å². The van der Waals surface area contributed by atoms with Gasteiger partial charge in [0.05, 0.1) is 19.1 Å². The molecule has 1 amide bonds. The molecule has 0 saturated heterocycles. The number of aryl methyl sites for hydroxylation is 1. The molecule has 1 aromatic heterocycles. The maximum Gasteiger partial charge on any atom is 0.310 e. The molecule has 0 aliphatic carbocycles. The van der Waals surface area contributed by atoms with E-state index in [-0.39, 0.29) is 17.8 Å². The van der Waals surface area contributed by atoms with Gasteiger partial charge in [0, 0.05) is 12.7 Å². The molecule has 0 aliphatic rings. The number of benzene rings is 1. The molecule has 0 radical (unpaired) electrons. The lowest BCUT2D eigenvalue weighted by molar-refractivity contribution is -0.145. The Morgan fingerprint density at radius 1 is 1.16 bits per heavy atom. The first-order valence-corrected chi connectivity index (χ1v) is 8.32. The molecule has 6 nitrogen and oxygen atoms in total. The predicted molar refractivity (Wildman–Crippen MR) is 95.1 cm³/mol. The van der Waals surface area contributed by atoms with Crippen LogP contribution in [0.1, 0.15) is 54.5 Å². The fourth-order valence-electron chi connectivity index (χ4n) is 2.83. The third kappa shape index (κ3) is 4.26. The summed E-state index contributed by atoms with van der Waals surface area (Å²) in [4.78, 5) is 24.7. The largest absolute Gasteiger partial charge is 0.469 e. The lowest BCUT2D eigenvalue weighted by Gasteiger charge is -2.23. The van der Waals surface area contributed by atoms with Gasteiger partial charge in [-0.2, -0.15) is 5.10 Å². The average Bonchev–Trinajstić information content (AvgIpc) is 3.01. The number of carbonyl (C=O) groups excluding carboxylic acids is 2. The number of aromatic nitrogens is 2. The minimum absolute atomic E-state index is 0.262. The minimum Gasteiger partial charge on any atom is -0.469 e. The number of nitrogens with zero attached hydrogens (tertiary/aromatic N) is 2. The van der Waals surface area contributed by atoms with Crippen molar-refractivity contribution in [3.05, 3.63) is 53.3 Å². The second kappa shape index (κ2) is 7.96. The van der Waals surface area contributed by atoms with E-state index >= 15 is 0 Å². The van der Waals surface area contributed by atoms with E-state index in [4.69, 9.17) is 4.74 Å². The van der Waals surface area contributed by atoms with E-state index in [1.54, 1.807) is 17.7 Å². The predicted octanol–water partition coefficient (Wildman–Crippen LogP) is 2.82. The van der Waals surface area contributed by atoms with Crippen molar-refractivity contribution in [2.75, 3.05) is 7.11 Å². The van der Waals surface area contributed by atoms with Crippen molar-refractivity contribution in [3.8, 4) is 0 Å². The first-order chi connectivity index (χ1) is 11.8. The van der Waals surface area contributed by atoms with Crippen LogP contribution in [-0.4, -0.2) is 28.8 Å². The van der Waals surface area contributed by atoms with Gasteiger partial charge in [-0.25, -0.2) is 0 Å². The number of hydrogen-bond donors (Lipinski definition) is 1. The normalized spacial score (nSPS) is 13.4. The zero-order valence-electron chi connectivity index (χ0n) is 15.3. The minimum atomic E-state index is -0.523. The molecule has 0 unspecified atom stereocenters. The summed E-state index contributed by atoms with van der Waals surface area (Å²) in [7, 11) is 3.16. The highest BCUT2D eigenvalue weighted by Crippen LogP contribution is 2.24. The molecule has 0 fully saturated rings. The summed E-state index contributed by atoms with van der Waals surface area (Å²) in [5.41, 5.74) is 2.15. The Morgan fingerprint density at radius 3 is 2.32 bits per heavy atom. The summed E-state index contributed by atoms with van der Waals surface area (Å²) in [5.74, 6) is -0.951. The highest BCUT2D eigenvalue weighted by molar-refractivity contribution is 5.93. The molecule has 25 heavy (non-hydrogen) atoms. The molecule has 1 aromatic carbocycles. The van der Waals surface area contributed by atoms with Gasteiger partial charge in [-0.1, -0.05) is 44.2 Å². The monoisotopic (exact) mass is 343 g/mol. The number of carbonyl (C=O) groups is 2. The van der Waals surface area contributed by atoms with Gasteiger partial charge < -0.3 is 10.1 Å². The SMILES string of the molecule is COC(=O)[C@H](C)[C@H](NC(=O)c1cc(C(C)C)n(C)n1)c1ccccc1. The highest BCUT2D eigenvalue weighted by atomic mass is 16.5. The molecule has 134 valence electrons. The number of hydrogen-bond acceptors (Lipinski definition) is 4. The van der Waals surface area contributed by atoms with Crippen LogP contribution in [0.2, 0.25) is 0 Å². The molecular formula is C19H25N3O3. The van der Waals surface area contributed by atoms with Crippen LogP contribution in [0.3, 0.4) is 0 Å². The van der Waals surface area contributed by atoms with Crippen molar-refractivity contribution in [1.29, 1.82) is 0 Å². The molecular weight excluding hydrogens is 318 g/mol. The molecule has 1 heterocycles. The maximum atomic E-state index is 12.7. The first kappa shape index (κ1) is 18.7. The topological polar surface area (TPSA) is 73.2 Å². The first-order valence-electron chi connectivity index (χ1n) is 8.32. The van der Waals surface area contributed by atoms with E-state index in [0.717, 1.165) is 11.3 Å². The Hall–Kier alpha value is -2.63. The van der Waals surface area contributed by atoms with Crippen molar-refractivity contribution in [1.82, 2.24) is 15.1 Å². The lowest BCUT2D eigenvalue weighted by Crippen LogP contribution is -2.36. The Balaban J connectivity index is 2.28. The van der Waals surface area contributed by atoms with E-state index < -0.39 is 12.0 Å². The molecule has 6 heteroatoms. The van der Waals surface area contributed by atoms with E-state index in [1.165, 1.54) is 7.11 Å². The van der Waals surface area contributed by atoms with Crippen molar-refractivity contribution >= 4 is 11.9 Å². The number of nitrogens with one attached hydrogen (secondary N) is 1. The third-order valence-electron chi connectivity index (χ3n) is 4.26. The summed E-state index contributed by atoms with van der Waals surface area (Å²) >= 11 is 0. The zero-order chi connectivity index (χ0) is 18.6. The molecule has 2 aromatic rings. The number of methoxy groups -OCH3 is 1. The maximum absolute atomic E-state index is 12.7. The molecule has 2 atom stereocenters. The summed E-state index contributed by atoms with van der Waals surface area (Å²) in [6.45, 7) is 5.83. The molecule has 0 aliphatic heterocycles. The average molecular weight is 343 g/mol. The summed E-state index contributed by atoms with van der Waals surface area (Å²) < 4.78 is 6.56. The van der Waals surface area contributed by atoms with Crippen LogP contribution in [0.4, 0.5) is 0 Å². The van der Waals surface area contributed by atoms with Gasteiger partial charge in [0.25, 0.3) is 5.91 Å². The standard InChI is InChI=1S/C19H25N3O3/c1-12(2)16-11-15(21-22(16)4)18(23)20-17(13(3)19(24)25-5)14-9-7-6-8-10-14/h6-13,17H,1-5H3,(H,20,23)/t13-,17+/m1/s1. The molecule has 1 N–H and O–H groups in total. The van der Waals surface area contributed by atoms with Crippen LogP contribution in [-0.2, 0) is 16.6 Å². The zero-order valence-corrected chi connectivity index (χ0v) is 15.3. The van der Waals surface area contributed by atoms with Gasteiger partial charge in [-0.3, -0.25) is 14.3 Å². The Bertz CT molecular complexity index is 738. The highest BCUT2D eigenvalue weighted by Gasteiger charge is 2.29. The van der Waals surface area contributed by atoms with E-state index in [0.29, 0.717) is 5.69 Å². The van der Waals surface area contributed by atoms with Crippen LogP contribution < -0.4 is 5.32 Å². The van der Waals surface area contributed by atoms with Crippen LogP contribution in [0, 0.1) is 5.92 Å². The molecule has 0 bridgehead atoms. The fraction of sp³-hybridized carbons (Fsp3) is 0.421. The van der Waals surface area contributed by atoms with Gasteiger partial charge in [-0.15, -0.1) is 0 Å². The molecule has 0 saturated carbocycles. The van der Waals surface area contributed by atoms with E-state index in [1.807, 2.05) is 51.2 Å². The Morgan fingerprint density at radius 2 is 1.80 bits per heavy atom. The summed E-state index contributed by atoms with van der Waals surface area (Å²) in [5, 5.41) is 7.22.